The smallest absolute Gasteiger partial charge is 0.270 e. The molecule has 0 radical (unpaired) electrons. The van der Waals surface area contributed by atoms with E-state index in [9.17, 15) is 9.59 Å². The lowest BCUT2D eigenvalue weighted by atomic mass is 10.0. The summed E-state index contributed by atoms with van der Waals surface area (Å²) in [4.78, 5) is 22.5. The van der Waals surface area contributed by atoms with E-state index in [4.69, 9.17) is 11.6 Å². The molecule has 3 nitrogen and oxygen atoms in total. The summed E-state index contributed by atoms with van der Waals surface area (Å²) in [5.74, 6) is -0.967. The summed E-state index contributed by atoms with van der Waals surface area (Å²) in [6, 6.07) is 7.27. The second-order valence-electron chi connectivity index (χ2n) is 3.34. The fraction of sp³-hybridized carbons (Fsp3) is 0.0909. The van der Waals surface area contributed by atoms with E-state index in [1.807, 2.05) is 19.1 Å². The molecule has 1 N–H and O–H groups in total. The maximum atomic E-state index is 11.4. The zero-order valence-electron chi connectivity index (χ0n) is 8.00. The minimum absolute atomic E-state index is 0.0381. The summed E-state index contributed by atoms with van der Waals surface area (Å²) in [6.07, 6.45) is 0. The molecule has 1 aliphatic heterocycles. The molecular weight excluding hydrogens is 214 g/mol. The summed E-state index contributed by atoms with van der Waals surface area (Å²) in [6.45, 7) is 1.94. The molecule has 1 aliphatic rings. The molecule has 0 saturated carbocycles. The standard InChI is InChI=1S/C11H8ClNO2/c1-6-2-4-7(5-3-6)8-9(12)11(15)13-10(8)14/h2-5H,1H3,(H,13,14,15). The largest absolute Gasteiger partial charge is 0.287 e. The van der Waals surface area contributed by atoms with Crippen molar-refractivity contribution in [3.05, 3.63) is 40.4 Å². The highest BCUT2D eigenvalue weighted by atomic mass is 35.5. The highest BCUT2D eigenvalue weighted by Gasteiger charge is 2.29. The number of hydrogen-bond acceptors (Lipinski definition) is 2. The van der Waals surface area contributed by atoms with Crippen LogP contribution in [-0.2, 0) is 9.59 Å². The van der Waals surface area contributed by atoms with Crippen molar-refractivity contribution in [1.82, 2.24) is 5.32 Å². The summed E-state index contributed by atoms with van der Waals surface area (Å²) in [5.41, 5.74) is 2.00. The quantitative estimate of drug-likeness (QED) is 0.733. The van der Waals surface area contributed by atoms with Crippen molar-refractivity contribution in [2.75, 3.05) is 0 Å². The van der Waals surface area contributed by atoms with Gasteiger partial charge in [0.2, 0.25) is 0 Å². The van der Waals surface area contributed by atoms with E-state index in [0.29, 0.717) is 5.56 Å². The van der Waals surface area contributed by atoms with Gasteiger partial charge in [0.05, 0.1) is 5.57 Å². The second kappa shape index (κ2) is 3.51. The molecule has 15 heavy (non-hydrogen) atoms. The number of carbonyl (C=O) groups excluding carboxylic acids is 2. The van der Waals surface area contributed by atoms with E-state index in [1.165, 1.54) is 0 Å². The summed E-state index contributed by atoms with van der Waals surface area (Å²) in [5, 5.41) is 2.11. The van der Waals surface area contributed by atoms with Gasteiger partial charge in [0, 0.05) is 0 Å². The van der Waals surface area contributed by atoms with E-state index >= 15 is 0 Å². The third-order valence-electron chi connectivity index (χ3n) is 2.21. The molecule has 76 valence electrons. The zero-order chi connectivity index (χ0) is 11.0. The Balaban J connectivity index is 2.51. The molecule has 0 saturated heterocycles. The van der Waals surface area contributed by atoms with Crippen LogP contribution in [0.2, 0.25) is 0 Å². The average Bonchev–Trinajstić information content (AvgIpc) is 2.44. The van der Waals surface area contributed by atoms with Crippen LogP contribution in [0.25, 0.3) is 5.57 Å². The molecule has 0 aliphatic carbocycles. The van der Waals surface area contributed by atoms with Gasteiger partial charge in [-0.1, -0.05) is 41.4 Å². The minimum atomic E-state index is -0.530. The van der Waals surface area contributed by atoms with Gasteiger partial charge in [0.1, 0.15) is 5.03 Å². The van der Waals surface area contributed by atoms with E-state index in [1.54, 1.807) is 12.1 Å². The van der Waals surface area contributed by atoms with Crippen molar-refractivity contribution in [3.8, 4) is 0 Å². The molecule has 1 heterocycles. The predicted octanol–water partition coefficient (Wildman–Crippen LogP) is 1.60. The molecule has 1 aromatic rings. The highest BCUT2D eigenvalue weighted by molar-refractivity contribution is 6.55. The first kappa shape index (κ1) is 9.93. The Morgan fingerprint density at radius 1 is 1.07 bits per heavy atom. The van der Waals surface area contributed by atoms with Gasteiger partial charge in [0.25, 0.3) is 11.8 Å². The van der Waals surface area contributed by atoms with Crippen molar-refractivity contribution in [3.63, 3.8) is 0 Å². The van der Waals surface area contributed by atoms with Gasteiger partial charge in [-0.05, 0) is 12.5 Å². The number of imide groups is 1. The number of nitrogens with one attached hydrogen (secondary N) is 1. The van der Waals surface area contributed by atoms with E-state index in [-0.39, 0.29) is 10.6 Å². The minimum Gasteiger partial charge on any atom is -0.287 e. The third-order valence-corrected chi connectivity index (χ3v) is 2.57. The maximum absolute atomic E-state index is 11.4. The van der Waals surface area contributed by atoms with Crippen LogP contribution in [0.15, 0.2) is 29.3 Å². The molecule has 0 atom stereocenters. The van der Waals surface area contributed by atoms with Gasteiger partial charge in [0.15, 0.2) is 0 Å². The van der Waals surface area contributed by atoms with Crippen molar-refractivity contribution in [2.45, 2.75) is 6.92 Å². The fourth-order valence-electron chi connectivity index (χ4n) is 1.41. The number of carbonyl (C=O) groups is 2. The highest BCUT2D eigenvalue weighted by Crippen LogP contribution is 2.26. The van der Waals surface area contributed by atoms with Crippen LogP contribution < -0.4 is 5.32 Å². The monoisotopic (exact) mass is 221 g/mol. The van der Waals surface area contributed by atoms with Crippen molar-refractivity contribution >= 4 is 29.0 Å². The van der Waals surface area contributed by atoms with Crippen LogP contribution in [0.4, 0.5) is 0 Å². The molecule has 0 fully saturated rings. The number of aryl methyl sites for hydroxylation is 1. The van der Waals surface area contributed by atoms with Gasteiger partial charge < -0.3 is 0 Å². The number of rotatable bonds is 1. The second-order valence-corrected chi connectivity index (χ2v) is 3.72. The normalized spacial score (nSPS) is 15.9. The van der Waals surface area contributed by atoms with Gasteiger partial charge in [-0.2, -0.15) is 0 Å². The van der Waals surface area contributed by atoms with Gasteiger partial charge >= 0.3 is 0 Å². The molecule has 4 heteroatoms. The number of amides is 2. The average molecular weight is 222 g/mol. The van der Waals surface area contributed by atoms with E-state index in [2.05, 4.69) is 5.32 Å². The van der Waals surface area contributed by atoms with E-state index < -0.39 is 11.8 Å². The first-order chi connectivity index (χ1) is 7.09. The Morgan fingerprint density at radius 3 is 2.13 bits per heavy atom. The van der Waals surface area contributed by atoms with Crippen molar-refractivity contribution in [1.29, 1.82) is 0 Å². The Hall–Kier alpha value is -1.61. The van der Waals surface area contributed by atoms with Crippen molar-refractivity contribution in [2.24, 2.45) is 0 Å². The third kappa shape index (κ3) is 1.66. The van der Waals surface area contributed by atoms with Crippen LogP contribution in [0.5, 0.6) is 0 Å². The maximum Gasteiger partial charge on any atom is 0.270 e. The van der Waals surface area contributed by atoms with Gasteiger partial charge in [-0.15, -0.1) is 0 Å². The Kier molecular flexibility index (Phi) is 2.32. The fourth-order valence-corrected chi connectivity index (χ4v) is 1.65. The lowest BCUT2D eigenvalue weighted by Crippen LogP contribution is -2.22. The van der Waals surface area contributed by atoms with Crippen LogP contribution in [0.3, 0.4) is 0 Å². The van der Waals surface area contributed by atoms with Crippen LogP contribution in [0.1, 0.15) is 11.1 Å². The van der Waals surface area contributed by atoms with Crippen LogP contribution in [-0.4, -0.2) is 11.8 Å². The Morgan fingerprint density at radius 2 is 1.67 bits per heavy atom. The number of benzene rings is 1. The molecule has 0 unspecified atom stereocenters. The van der Waals surface area contributed by atoms with Gasteiger partial charge in [-0.3, -0.25) is 14.9 Å². The van der Waals surface area contributed by atoms with Crippen LogP contribution >= 0.6 is 11.6 Å². The van der Waals surface area contributed by atoms with Crippen molar-refractivity contribution < 1.29 is 9.59 Å². The van der Waals surface area contributed by atoms with E-state index in [0.717, 1.165) is 5.56 Å². The van der Waals surface area contributed by atoms with Gasteiger partial charge in [-0.25, -0.2) is 0 Å². The molecule has 1 aromatic carbocycles. The van der Waals surface area contributed by atoms with Crippen LogP contribution in [0, 0.1) is 6.92 Å². The Bertz CT molecular complexity index is 474. The zero-order valence-corrected chi connectivity index (χ0v) is 8.76. The molecular formula is C11H8ClNO2. The lowest BCUT2D eigenvalue weighted by molar-refractivity contribution is -0.123. The Labute approximate surface area is 91.7 Å². The molecule has 0 aromatic heterocycles. The predicted molar refractivity (Wildman–Crippen MR) is 57.1 cm³/mol. The molecule has 2 amide bonds. The lowest BCUT2D eigenvalue weighted by Gasteiger charge is -2.00. The summed E-state index contributed by atoms with van der Waals surface area (Å²) in [7, 11) is 0. The number of halogens is 1. The number of hydrogen-bond donors (Lipinski definition) is 1. The summed E-state index contributed by atoms with van der Waals surface area (Å²) >= 11 is 5.74. The molecule has 2 rings (SSSR count). The molecule has 0 bridgehead atoms. The summed E-state index contributed by atoms with van der Waals surface area (Å²) < 4.78 is 0. The first-order valence-electron chi connectivity index (χ1n) is 4.42. The first-order valence-corrected chi connectivity index (χ1v) is 4.80. The SMILES string of the molecule is Cc1ccc(C2=C(Cl)C(=O)NC2=O)cc1. The topological polar surface area (TPSA) is 46.2 Å². The molecule has 0 spiro atoms.